The zero-order valence-electron chi connectivity index (χ0n) is 8.54. The zero-order valence-corrected chi connectivity index (χ0v) is 8.54. The van der Waals surface area contributed by atoms with Gasteiger partial charge in [0.15, 0.2) is 5.78 Å². The molecule has 1 unspecified atom stereocenters. The third-order valence-corrected chi connectivity index (χ3v) is 2.16. The quantitative estimate of drug-likeness (QED) is 0.784. The maximum absolute atomic E-state index is 13.2. The molecule has 0 bridgehead atoms. The molecule has 84 valence electrons. The fraction of sp³-hybridized carbons (Fsp3) is 0.250. The van der Waals surface area contributed by atoms with Gasteiger partial charge in [-0.05, 0) is 12.1 Å². The maximum atomic E-state index is 13.2. The summed E-state index contributed by atoms with van der Waals surface area (Å²) in [5, 5.41) is 0. The van der Waals surface area contributed by atoms with E-state index in [-0.39, 0.29) is 18.4 Å². The Morgan fingerprint density at radius 1 is 1.44 bits per heavy atom. The van der Waals surface area contributed by atoms with Crippen molar-refractivity contribution in [1.29, 1.82) is 0 Å². The lowest BCUT2D eigenvalue weighted by molar-refractivity contribution is -0.119. The van der Waals surface area contributed by atoms with Crippen LogP contribution in [0.15, 0.2) is 18.2 Å². The number of carbonyl (C=O) groups excluding carboxylic acids is 1. The van der Waals surface area contributed by atoms with E-state index in [1.807, 2.05) is 0 Å². The largest absolute Gasteiger partial charge is 0.321 e. The van der Waals surface area contributed by atoms with E-state index in [1.165, 1.54) is 6.07 Å². The van der Waals surface area contributed by atoms with Crippen LogP contribution >= 0.6 is 0 Å². The van der Waals surface area contributed by atoms with Crippen molar-refractivity contribution in [2.45, 2.75) is 18.9 Å². The van der Waals surface area contributed by atoms with Crippen molar-refractivity contribution in [3.63, 3.8) is 0 Å². The molecule has 0 radical (unpaired) electrons. The Morgan fingerprint density at radius 2 is 2.00 bits per heavy atom. The van der Waals surface area contributed by atoms with Crippen molar-refractivity contribution in [3.05, 3.63) is 35.4 Å². The van der Waals surface area contributed by atoms with Gasteiger partial charge in [0, 0.05) is 18.4 Å². The lowest BCUT2D eigenvalue weighted by Crippen LogP contribution is -2.31. The summed E-state index contributed by atoms with van der Waals surface area (Å²) in [5.41, 5.74) is 5.17. The minimum absolute atomic E-state index is 0.0644. The Morgan fingerprint density at radius 3 is 2.50 bits per heavy atom. The monoisotopic (exact) mass is 223 g/mol. The Labute approximate surface area is 92.5 Å². The first-order chi connectivity index (χ1) is 7.56. The summed E-state index contributed by atoms with van der Waals surface area (Å²) in [7, 11) is 0. The second kappa shape index (κ2) is 5.38. The summed E-state index contributed by atoms with van der Waals surface area (Å²) < 4.78 is 26.4. The van der Waals surface area contributed by atoms with Crippen LogP contribution in [0.4, 0.5) is 8.78 Å². The van der Waals surface area contributed by atoms with Gasteiger partial charge in [-0.1, -0.05) is 6.07 Å². The van der Waals surface area contributed by atoms with Gasteiger partial charge in [0.2, 0.25) is 0 Å². The van der Waals surface area contributed by atoms with Gasteiger partial charge >= 0.3 is 0 Å². The van der Waals surface area contributed by atoms with Crippen LogP contribution in [0.25, 0.3) is 0 Å². The first-order valence-electron chi connectivity index (χ1n) is 4.71. The number of benzene rings is 1. The van der Waals surface area contributed by atoms with Crippen molar-refractivity contribution in [2.75, 3.05) is 0 Å². The number of nitrogens with two attached hydrogens (primary N) is 1. The van der Waals surface area contributed by atoms with Gasteiger partial charge in [0.25, 0.3) is 0 Å². The van der Waals surface area contributed by atoms with E-state index in [4.69, 9.17) is 12.2 Å². The van der Waals surface area contributed by atoms with Crippen LogP contribution in [0, 0.1) is 24.0 Å². The highest BCUT2D eigenvalue weighted by Crippen LogP contribution is 2.13. The summed E-state index contributed by atoms with van der Waals surface area (Å²) in [6.07, 6.45) is 4.68. The van der Waals surface area contributed by atoms with Gasteiger partial charge in [-0.2, -0.15) is 0 Å². The van der Waals surface area contributed by atoms with Gasteiger partial charge in [-0.3, -0.25) is 4.79 Å². The van der Waals surface area contributed by atoms with Crippen LogP contribution < -0.4 is 5.73 Å². The second-order valence-electron chi connectivity index (χ2n) is 3.36. The molecule has 0 aromatic heterocycles. The van der Waals surface area contributed by atoms with Crippen LogP contribution in [0.5, 0.6) is 0 Å². The number of terminal acetylenes is 1. The number of halogens is 2. The molecule has 1 rings (SSSR count). The molecule has 2 nitrogen and oxygen atoms in total. The highest BCUT2D eigenvalue weighted by molar-refractivity contribution is 5.86. The number of hydrogen-bond donors (Lipinski definition) is 1. The average molecular weight is 223 g/mol. The molecule has 1 aromatic carbocycles. The van der Waals surface area contributed by atoms with Crippen LogP contribution in [-0.4, -0.2) is 11.8 Å². The number of ketones is 1. The van der Waals surface area contributed by atoms with E-state index < -0.39 is 23.5 Å². The maximum Gasteiger partial charge on any atom is 0.155 e. The molecule has 0 heterocycles. The normalized spacial score (nSPS) is 11.9. The second-order valence-corrected chi connectivity index (χ2v) is 3.36. The van der Waals surface area contributed by atoms with Crippen molar-refractivity contribution < 1.29 is 13.6 Å². The standard InChI is InChI=1S/C12H11F2NO/c1-2-4-11(15)12(16)7-8-9(13)5-3-6-10(8)14/h1,3,5-6,11H,4,7,15H2. The molecule has 0 aliphatic carbocycles. The SMILES string of the molecule is C#CCC(N)C(=O)Cc1c(F)cccc1F. The summed E-state index contributed by atoms with van der Waals surface area (Å²) in [6, 6.07) is 2.56. The van der Waals surface area contributed by atoms with Gasteiger partial charge in [-0.25, -0.2) is 8.78 Å². The molecule has 0 spiro atoms. The van der Waals surface area contributed by atoms with E-state index in [0.717, 1.165) is 12.1 Å². The summed E-state index contributed by atoms with van der Waals surface area (Å²) in [5.74, 6) is 0.262. The Bertz CT molecular complexity index is 417. The van der Waals surface area contributed by atoms with Gasteiger partial charge in [0.05, 0.1) is 6.04 Å². The molecular weight excluding hydrogens is 212 g/mol. The highest BCUT2D eigenvalue weighted by atomic mass is 19.1. The summed E-state index contributed by atoms with van der Waals surface area (Å²) >= 11 is 0. The molecule has 1 aromatic rings. The summed E-state index contributed by atoms with van der Waals surface area (Å²) in [6.45, 7) is 0. The fourth-order valence-electron chi connectivity index (χ4n) is 1.25. The summed E-state index contributed by atoms with van der Waals surface area (Å²) in [4.78, 5) is 11.5. The van der Waals surface area contributed by atoms with Gasteiger partial charge in [0.1, 0.15) is 11.6 Å². The number of carbonyl (C=O) groups is 1. The molecule has 0 fully saturated rings. The Hall–Kier alpha value is -1.73. The van der Waals surface area contributed by atoms with Crippen LogP contribution in [0.1, 0.15) is 12.0 Å². The minimum atomic E-state index is -0.871. The van der Waals surface area contributed by atoms with Crippen molar-refractivity contribution in [1.82, 2.24) is 0 Å². The van der Waals surface area contributed by atoms with Crippen LogP contribution in [-0.2, 0) is 11.2 Å². The third-order valence-electron chi connectivity index (χ3n) is 2.16. The molecular formula is C12H11F2NO. The zero-order chi connectivity index (χ0) is 12.1. The van der Waals surface area contributed by atoms with E-state index in [2.05, 4.69) is 5.92 Å². The lowest BCUT2D eigenvalue weighted by atomic mass is 10.0. The smallest absolute Gasteiger partial charge is 0.155 e. The molecule has 16 heavy (non-hydrogen) atoms. The predicted octanol–water partition coefficient (Wildman–Crippen LogP) is 1.43. The molecule has 1 atom stereocenters. The van der Waals surface area contributed by atoms with Crippen molar-refractivity contribution in [2.24, 2.45) is 5.73 Å². The van der Waals surface area contributed by atoms with E-state index in [1.54, 1.807) is 0 Å². The van der Waals surface area contributed by atoms with E-state index in [9.17, 15) is 13.6 Å². The first-order valence-corrected chi connectivity index (χ1v) is 4.71. The molecule has 0 amide bonds. The first kappa shape index (κ1) is 12.3. The minimum Gasteiger partial charge on any atom is -0.321 e. The van der Waals surface area contributed by atoms with Crippen molar-refractivity contribution >= 4 is 5.78 Å². The molecule has 4 heteroatoms. The molecule has 0 aliphatic rings. The van der Waals surface area contributed by atoms with Gasteiger partial charge in [-0.15, -0.1) is 12.3 Å². The molecule has 0 saturated carbocycles. The van der Waals surface area contributed by atoms with Crippen LogP contribution in [0.2, 0.25) is 0 Å². The molecule has 2 N–H and O–H groups in total. The fourth-order valence-corrected chi connectivity index (χ4v) is 1.25. The van der Waals surface area contributed by atoms with Crippen molar-refractivity contribution in [3.8, 4) is 12.3 Å². The lowest BCUT2D eigenvalue weighted by Gasteiger charge is -2.08. The molecule has 0 aliphatic heterocycles. The average Bonchev–Trinajstić information content (AvgIpc) is 2.23. The topological polar surface area (TPSA) is 43.1 Å². The Balaban J connectivity index is 2.82. The van der Waals surface area contributed by atoms with E-state index >= 15 is 0 Å². The Kier molecular flexibility index (Phi) is 4.15. The predicted molar refractivity (Wildman–Crippen MR) is 56.5 cm³/mol. The highest BCUT2D eigenvalue weighted by Gasteiger charge is 2.17. The number of rotatable bonds is 4. The molecule has 0 saturated heterocycles. The van der Waals surface area contributed by atoms with Gasteiger partial charge < -0.3 is 5.73 Å². The third kappa shape index (κ3) is 2.88. The number of Topliss-reactive ketones (excluding diaryl/α,β-unsaturated/α-hetero) is 1. The van der Waals surface area contributed by atoms with Crippen LogP contribution in [0.3, 0.4) is 0 Å². The van der Waals surface area contributed by atoms with E-state index in [0.29, 0.717) is 0 Å². The number of hydrogen-bond acceptors (Lipinski definition) is 2.